The molecule has 2 aromatic rings. The van der Waals surface area contributed by atoms with Crippen LogP contribution in [0.5, 0.6) is 0 Å². The molecule has 1 fully saturated rings. The van der Waals surface area contributed by atoms with Gasteiger partial charge in [0.2, 0.25) is 5.28 Å². The van der Waals surface area contributed by atoms with Crippen molar-refractivity contribution < 1.29 is 32.9 Å². The summed E-state index contributed by atoms with van der Waals surface area (Å²) < 4.78 is 37.6. The molecule has 0 amide bonds. The van der Waals surface area contributed by atoms with Crippen molar-refractivity contribution in [3.05, 3.63) is 24.3 Å². The predicted molar refractivity (Wildman–Crippen MR) is 110 cm³/mol. The van der Waals surface area contributed by atoms with Crippen LogP contribution in [-0.4, -0.2) is 69.7 Å². The van der Waals surface area contributed by atoms with Gasteiger partial charge in [-0.2, -0.15) is 9.97 Å². The first-order chi connectivity index (χ1) is 15.3. The number of carbonyl (C=O) groups excluding carboxylic acids is 2. The van der Waals surface area contributed by atoms with E-state index in [1.54, 1.807) is 13.8 Å². The average Bonchev–Trinajstić information content (AvgIpc) is 3.29. The Hall–Kier alpha value is -2.83. The first-order valence-corrected chi connectivity index (χ1v) is 10.2. The van der Waals surface area contributed by atoms with E-state index in [0.717, 1.165) is 0 Å². The van der Waals surface area contributed by atoms with Crippen LogP contribution in [0.15, 0.2) is 19.0 Å². The maximum Gasteiger partial charge on any atom is 0.347 e. The summed E-state index contributed by atoms with van der Waals surface area (Å²) in [7, 11) is 0. The summed E-state index contributed by atoms with van der Waals surface area (Å²) in [6, 6.07) is 0. The molecule has 1 aliphatic rings. The van der Waals surface area contributed by atoms with E-state index in [-0.39, 0.29) is 42.1 Å². The molecule has 4 atom stereocenters. The van der Waals surface area contributed by atoms with Crippen LogP contribution in [0.3, 0.4) is 0 Å². The fourth-order valence-electron chi connectivity index (χ4n) is 3.35. The van der Waals surface area contributed by atoms with Crippen molar-refractivity contribution >= 4 is 40.5 Å². The van der Waals surface area contributed by atoms with Gasteiger partial charge in [-0.3, -0.25) is 4.57 Å². The molecular formula is C19H23ClFN5O6. The van der Waals surface area contributed by atoms with Gasteiger partial charge in [-0.25, -0.2) is 19.0 Å². The normalized spacial score (nSPS) is 22.9. The van der Waals surface area contributed by atoms with Gasteiger partial charge in [0.25, 0.3) is 6.10 Å². The second-order valence-corrected chi connectivity index (χ2v) is 7.08. The fraction of sp³-hybridized carbons (Fsp3) is 0.526. The average molecular weight is 472 g/mol. The lowest BCUT2D eigenvalue weighted by molar-refractivity contribution is -0.176. The molecule has 0 unspecified atom stereocenters. The number of nitrogens with two attached hydrogens (primary N) is 1. The zero-order valence-corrected chi connectivity index (χ0v) is 18.2. The third-order valence-corrected chi connectivity index (χ3v) is 4.95. The first-order valence-electron chi connectivity index (χ1n) is 9.84. The Balaban J connectivity index is 1.81. The predicted octanol–water partition coefficient (Wildman–Crippen LogP) is 1.61. The summed E-state index contributed by atoms with van der Waals surface area (Å²) in [4.78, 5) is 36.2. The first kappa shape index (κ1) is 23.8. The number of fused-ring (bicyclic) bond motifs is 1. The van der Waals surface area contributed by atoms with Crippen LogP contribution in [-0.2, 0) is 28.5 Å². The molecule has 0 spiro atoms. The number of aromatic nitrogens is 4. The largest absolute Gasteiger partial charge is 0.464 e. The lowest BCUT2D eigenvalue weighted by atomic mass is 9.99. The highest BCUT2D eigenvalue weighted by Gasteiger charge is 2.46. The Kier molecular flexibility index (Phi) is 7.59. The van der Waals surface area contributed by atoms with Gasteiger partial charge in [-0.1, -0.05) is 6.08 Å². The molecule has 0 bridgehead atoms. The molecule has 0 radical (unpaired) electrons. The number of alkyl halides is 1. The molecule has 2 N–H and O–H groups in total. The van der Waals surface area contributed by atoms with Crippen LogP contribution < -0.4 is 5.73 Å². The molecule has 3 rings (SSSR count). The number of esters is 2. The third kappa shape index (κ3) is 4.66. The number of nitrogens with zero attached hydrogens (tertiary/aromatic N) is 4. The molecule has 13 heteroatoms. The number of nitrogen functional groups attached to an aromatic ring is 1. The molecule has 1 saturated heterocycles. The number of anilines is 1. The highest BCUT2D eigenvalue weighted by atomic mass is 35.5. The van der Waals surface area contributed by atoms with Gasteiger partial charge < -0.3 is 24.7 Å². The Labute approximate surface area is 187 Å². The molecular weight excluding hydrogens is 449 g/mol. The molecule has 0 aromatic carbocycles. The van der Waals surface area contributed by atoms with Crippen molar-refractivity contribution in [1.82, 2.24) is 19.5 Å². The van der Waals surface area contributed by atoms with Gasteiger partial charge in [-0.15, -0.1) is 6.58 Å². The van der Waals surface area contributed by atoms with E-state index in [4.69, 9.17) is 36.3 Å². The Morgan fingerprint density at radius 2 is 2.00 bits per heavy atom. The second-order valence-electron chi connectivity index (χ2n) is 6.74. The van der Waals surface area contributed by atoms with E-state index in [0.29, 0.717) is 0 Å². The number of rotatable bonds is 9. The standard InChI is InChI=1S/C19H23ClFN5O6/c1-4-9-10(7-31-13(17(27)29-5-2)18(28)30-6-3)32-16(11(9)21)26-8-23-12-14(22)24-19(20)25-15(12)26/h4,8-11,13,16H,1,5-7H2,2-3H3,(H2,22,24,25)/t9-,10-,11+,16-/m1/s1. The van der Waals surface area contributed by atoms with Crippen molar-refractivity contribution in [1.29, 1.82) is 0 Å². The summed E-state index contributed by atoms with van der Waals surface area (Å²) in [5, 5.41) is -0.128. The van der Waals surface area contributed by atoms with E-state index in [1.165, 1.54) is 17.0 Å². The quantitative estimate of drug-likeness (QED) is 0.248. The molecule has 3 heterocycles. The molecule has 0 saturated carbocycles. The summed E-state index contributed by atoms with van der Waals surface area (Å²) in [5.74, 6) is -2.60. The molecule has 2 aromatic heterocycles. The number of imidazole rings is 1. The van der Waals surface area contributed by atoms with Crippen molar-refractivity contribution in [2.75, 3.05) is 25.6 Å². The number of hydrogen-bond donors (Lipinski definition) is 1. The third-order valence-electron chi connectivity index (χ3n) is 4.78. The lowest BCUT2D eigenvalue weighted by Gasteiger charge is -2.20. The van der Waals surface area contributed by atoms with Crippen molar-refractivity contribution in [3.63, 3.8) is 0 Å². The van der Waals surface area contributed by atoms with Crippen molar-refractivity contribution in [2.24, 2.45) is 5.92 Å². The van der Waals surface area contributed by atoms with E-state index in [9.17, 15) is 9.59 Å². The van der Waals surface area contributed by atoms with Crippen LogP contribution in [0, 0.1) is 5.92 Å². The minimum absolute atomic E-state index is 0.0408. The van der Waals surface area contributed by atoms with Crippen LogP contribution in [0.2, 0.25) is 5.28 Å². The van der Waals surface area contributed by atoms with Gasteiger partial charge in [0.05, 0.1) is 32.3 Å². The zero-order valence-electron chi connectivity index (χ0n) is 17.4. The zero-order chi connectivity index (χ0) is 23.4. The summed E-state index contributed by atoms with van der Waals surface area (Å²) in [6.45, 7) is 6.62. The smallest absolute Gasteiger partial charge is 0.347 e. The van der Waals surface area contributed by atoms with Gasteiger partial charge in [0.15, 0.2) is 23.9 Å². The van der Waals surface area contributed by atoms with Crippen molar-refractivity contribution in [3.8, 4) is 0 Å². The van der Waals surface area contributed by atoms with Crippen LogP contribution in [0.4, 0.5) is 10.2 Å². The van der Waals surface area contributed by atoms with Crippen LogP contribution in [0.1, 0.15) is 20.1 Å². The summed E-state index contributed by atoms with van der Waals surface area (Å²) in [5.41, 5.74) is 6.23. The Morgan fingerprint density at radius 1 is 1.34 bits per heavy atom. The molecule has 174 valence electrons. The van der Waals surface area contributed by atoms with E-state index >= 15 is 4.39 Å². The lowest BCUT2D eigenvalue weighted by Crippen LogP contribution is -2.39. The highest BCUT2D eigenvalue weighted by molar-refractivity contribution is 6.28. The topological polar surface area (TPSA) is 141 Å². The Bertz CT molecular complexity index is 986. The van der Waals surface area contributed by atoms with E-state index in [1.807, 2.05) is 0 Å². The maximum absolute atomic E-state index is 15.3. The van der Waals surface area contributed by atoms with E-state index < -0.39 is 42.5 Å². The van der Waals surface area contributed by atoms with Gasteiger partial charge >= 0.3 is 11.9 Å². The fourth-order valence-corrected chi connectivity index (χ4v) is 3.52. The number of ether oxygens (including phenoxy) is 4. The monoisotopic (exact) mass is 471 g/mol. The minimum atomic E-state index is -1.62. The number of halogens is 2. The van der Waals surface area contributed by atoms with E-state index in [2.05, 4.69) is 21.5 Å². The van der Waals surface area contributed by atoms with Gasteiger partial charge in [-0.05, 0) is 25.4 Å². The van der Waals surface area contributed by atoms with Gasteiger partial charge in [0.1, 0.15) is 5.52 Å². The Morgan fingerprint density at radius 3 is 2.59 bits per heavy atom. The molecule has 32 heavy (non-hydrogen) atoms. The van der Waals surface area contributed by atoms with Crippen LogP contribution in [0.25, 0.3) is 11.2 Å². The van der Waals surface area contributed by atoms with Crippen molar-refractivity contribution in [2.45, 2.75) is 38.5 Å². The SMILES string of the molecule is C=C[C@H]1[C@H](F)[C@H](n2cnc3c(N)nc(Cl)nc32)O[C@@H]1COC(C(=O)OCC)C(=O)OCC. The molecule has 11 nitrogen and oxygen atoms in total. The number of hydrogen-bond acceptors (Lipinski definition) is 10. The minimum Gasteiger partial charge on any atom is -0.464 e. The maximum atomic E-state index is 15.3. The summed E-state index contributed by atoms with van der Waals surface area (Å²) >= 11 is 5.87. The second kappa shape index (κ2) is 10.2. The molecule has 0 aliphatic carbocycles. The van der Waals surface area contributed by atoms with Crippen LogP contribution >= 0.6 is 11.6 Å². The molecule has 1 aliphatic heterocycles. The highest BCUT2D eigenvalue weighted by Crippen LogP contribution is 2.39. The summed E-state index contributed by atoms with van der Waals surface area (Å²) in [6.07, 6.45) is -2.56. The van der Waals surface area contributed by atoms with Gasteiger partial charge in [0, 0.05) is 5.92 Å². The number of carbonyl (C=O) groups is 2.